The van der Waals surface area contributed by atoms with E-state index in [2.05, 4.69) is 5.32 Å². The van der Waals surface area contributed by atoms with Crippen LogP contribution in [-0.4, -0.2) is 73.5 Å². The lowest BCUT2D eigenvalue weighted by atomic mass is 10.1. The third-order valence-corrected chi connectivity index (χ3v) is 6.30. The molecular formula is C26H31N3O5. The van der Waals surface area contributed by atoms with Gasteiger partial charge in [0.15, 0.2) is 0 Å². The number of amides is 3. The van der Waals surface area contributed by atoms with Crippen molar-refractivity contribution in [3.05, 3.63) is 65.7 Å². The van der Waals surface area contributed by atoms with E-state index >= 15 is 0 Å². The van der Waals surface area contributed by atoms with Crippen molar-refractivity contribution in [1.29, 1.82) is 0 Å². The van der Waals surface area contributed by atoms with Gasteiger partial charge in [-0.25, -0.2) is 0 Å². The highest BCUT2D eigenvalue weighted by molar-refractivity contribution is 5.91. The molecule has 8 nitrogen and oxygen atoms in total. The molecule has 2 aromatic carbocycles. The lowest BCUT2D eigenvalue weighted by molar-refractivity contribution is -0.141. The molecule has 0 saturated carbocycles. The van der Waals surface area contributed by atoms with Crippen LogP contribution in [0.1, 0.15) is 17.5 Å². The highest BCUT2D eigenvalue weighted by atomic mass is 16.5. The number of rotatable bonds is 8. The average molecular weight is 466 g/mol. The Labute approximate surface area is 199 Å². The fraction of sp³-hybridized carbons (Fsp3) is 0.423. The van der Waals surface area contributed by atoms with Gasteiger partial charge in [0.1, 0.15) is 5.75 Å². The van der Waals surface area contributed by atoms with Crippen molar-refractivity contribution >= 4 is 17.7 Å². The predicted molar refractivity (Wildman–Crippen MR) is 126 cm³/mol. The van der Waals surface area contributed by atoms with E-state index in [1.54, 1.807) is 16.9 Å². The molecule has 180 valence electrons. The molecule has 2 aliphatic rings. The van der Waals surface area contributed by atoms with Crippen LogP contribution in [0, 0.1) is 5.92 Å². The van der Waals surface area contributed by atoms with Crippen LogP contribution in [0.5, 0.6) is 5.75 Å². The molecule has 0 radical (unpaired) electrons. The van der Waals surface area contributed by atoms with Gasteiger partial charge in [0.25, 0.3) is 0 Å². The summed E-state index contributed by atoms with van der Waals surface area (Å²) in [6, 6.07) is 17.7. The summed E-state index contributed by atoms with van der Waals surface area (Å²) in [6.45, 7) is 1.91. The van der Waals surface area contributed by atoms with Crippen LogP contribution < -0.4 is 10.1 Å². The largest absolute Gasteiger partial charge is 0.497 e. The summed E-state index contributed by atoms with van der Waals surface area (Å²) in [5.41, 5.74) is 2.10. The maximum absolute atomic E-state index is 13.1. The number of ether oxygens (including phenoxy) is 2. The zero-order valence-corrected chi connectivity index (χ0v) is 19.4. The standard InChI is InChI=1S/C26H31N3O5/c1-33-22-9-5-8-20(12-22)18-34-23-15-28(11-10-19-6-3-2-4-7-19)25(31)17-29(16-23)26(32)21-13-24(30)27-14-21/h2-9,12,21,23H,10-11,13-18H2,1H3,(H,27,30). The lowest BCUT2D eigenvalue weighted by Crippen LogP contribution is -2.43. The fourth-order valence-corrected chi connectivity index (χ4v) is 4.39. The van der Waals surface area contributed by atoms with Gasteiger partial charge in [-0.1, -0.05) is 42.5 Å². The van der Waals surface area contributed by atoms with Crippen molar-refractivity contribution in [3.63, 3.8) is 0 Å². The Balaban J connectivity index is 1.46. The van der Waals surface area contributed by atoms with Gasteiger partial charge in [-0.15, -0.1) is 0 Å². The summed E-state index contributed by atoms with van der Waals surface area (Å²) in [6.07, 6.45) is 0.545. The maximum Gasteiger partial charge on any atom is 0.242 e. The van der Waals surface area contributed by atoms with Gasteiger partial charge in [0.2, 0.25) is 17.7 Å². The number of benzene rings is 2. The Morgan fingerprint density at radius 2 is 1.85 bits per heavy atom. The second-order valence-corrected chi connectivity index (χ2v) is 8.78. The smallest absolute Gasteiger partial charge is 0.242 e. The minimum absolute atomic E-state index is 0.00265. The van der Waals surface area contributed by atoms with Crippen molar-refractivity contribution in [2.75, 3.05) is 39.8 Å². The molecule has 1 N–H and O–H groups in total. The maximum atomic E-state index is 13.1. The third kappa shape index (κ3) is 6.14. The molecule has 3 amide bonds. The molecule has 2 fully saturated rings. The molecule has 2 aromatic rings. The summed E-state index contributed by atoms with van der Waals surface area (Å²) in [5.74, 6) is -0.0949. The van der Waals surface area contributed by atoms with Gasteiger partial charge in [0, 0.05) is 32.6 Å². The molecular weight excluding hydrogens is 434 g/mol. The van der Waals surface area contributed by atoms with E-state index in [1.165, 1.54) is 0 Å². The van der Waals surface area contributed by atoms with Gasteiger partial charge in [0.05, 0.1) is 32.3 Å². The Kier molecular flexibility index (Phi) is 7.80. The van der Waals surface area contributed by atoms with E-state index in [-0.39, 0.29) is 36.8 Å². The molecule has 0 bridgehead atoms. The van der Waals surface area contributed by atoms with Crippen LogP contribution >= 0.6 is 0 Å². The summed E-state index contributed by atoms with van der Waals surface area (Å²) >= 11 is 0. The first-order valence-corrected chi connectivity index (χ1v) is 11.6. The zero-order valence-electron chi connectivity index (χ0n) is 19.4. The van der Waals surface area contributed by atoms with E-state index in [4.69, 9.17) is 9.47 Å². The average Bonchev–Trinajstić information content (AvgIpc) is 3.23. The van der Waals surface area contributed by atoms with E-state index < -0.39 is 5.92 Å². The summed E-state index contributed by atoms with van der Waals surface area (Å²) < 4.78 is 11.5. The Bertz CT molecular complexity index is 1010. The quantitative estimate of drug-likeness (QED) is 0.640. The van der Waals surface area contributed by atoms with Crippen molar-refractivity contribution in [2.24, 2.45) is 5.92 Å². The molecule has 2 aliphatic heterocycles. The van der Waals surface area contributed by atoms with Gasteiger partial charge in [-0.2, -0.15) is 0 Å². The van der Waals surface area contributed by atoms with E-state index in [9.17, 15) is 14.4 Å². The van der Waals surface area contributed by atoms with Crippen LogP contribution in [0.4, 0.5) is 0 Å². The van der Waals surface area contributed by atoms with Gasteiger partial charge < -0.3 is 24.6 Å². The molecule has 2 saturated heterocycles. The molecule has 4 rings (SSSR count). The molecule has 8 heteroatoms. The minimum atomic E-state index is -0.435. The lowest BCUT2D eigenvalue weighted by Gasteiger charge is -2.26. The topological polar surface area (TPSA) is 88.2 Å². The summed E-state index contributed by atoms with van der Waals surface area (Å²) in [4.78, 5) is 41.2. The summed E-state index contributed by atoms with van der Waals surface area (Å²) in [5, 5.41) is 2.71. The third-order valence-electron chi connectivity index (χ3n) is 6.30. The fourth-order valence-electron chi connectivity index (χ4n) is 4.39. The van der Waals surface area contributed by atoms with Crippen molar-refractivity contribution < 1.29 is 23.9 Å². The molecule has 2 unspecified atom stereocenters. The van der Waals surface area contributed by atoms with Gasteiger partial charge >= 0.3 is 0 Å². The van der Waals surface area contributed by atoms with Crippen LogP contribution in [0.25, 0.3) is 0 Å². The monoisotopic (exact) mass is 465 g/mol. The van der Waals surface area contributed by atoms with Crippen molar-refractivity contribution in [1.82, 2.24) is 15.1 Å². The van der Waals surface area contributed by atoms with Crippen molar-refractivity contribution in [2.45, 2.75) is 25.6 Å². The molecule has 2 heterocycles. The zero-order chi connectivity index (χ0) is 23.9. The van der Waals surface area contributed by atoms with Crippen molar-refractivity contribution in [3.8, 4) is 5.75 Å². The Morgan fingerprint density at radius 1 is 1.06 bits per heavy atom. The summed E-state index contributed by atoms with van der Waals surface area (Å²) in [7, 11) is 1.62. The predicted octanol–water partition coefficient (Wildman–Crippen LogP) is 1.63. The van der Waals surface area contributed by atoms with Crippen LogP contribution in [0.15, 0.2) is 54.6 Å². The first kappa shape index (κ1) is 23.8. The number of carbonyl (C=O) groups is 3. The van der Waals surface area contributed by atoms with Crippen LogP contribution in [0.2, 0.25) is 0 Å². The Morgan fingerprint density at radius 3 is 2.59 bits per heavy atom. The molecule has 0 spiro atoms. The number of hydrogen-bond donors (Lipinski definition) is 1. The van der Waals surface area contributed by atoms with Gasteiger partial charge in [-0.3, -0.25) is 14.4 Å². The number of carbonyl (C=O) groups excluding carboxylic acids is 3. The Hall–Kier alpha value is -3.39. The normalized spacial score (nSPS) is 20.7. The molecule has 34 heavy (non-hydrogen) atoms. The number of nitrogens with one attached hydrogen (secondary N) is 1. The first-order valence-electron chi connectivity index (χ1n) is 11.6. The highest BCUT2D eigenvalue weighted by Crippen LogP contribution is 2.19. The second kappa shape index (κ2) is 11.2. The van der Waals surface area contributed by atoms with Gasteiger partial charge in [-0.05, 0) is 29.7 Å². The molecule has 0 aliphatic carbocycles. The number of methoxy groups -OCH3 is 1. The van der Waals surface area contributed by atoms with Crippen LogP contribution in [0.3, 0.4) is 0 Å². The first-order chi connectivity index (χ1) is 16.5. The number of nitrogens with zero attached hydrogens (tertiary/aromatic N) is 2. The van der Waals surface area contributed by atoms with E-state index in [0.29, 0.717) is 32.8 Å². The highest BCUT2D eigenvalue weighted by Gasteiger charge is 2.36. The van der Waals surface area contributed by atoms with E-state index in [1.807, 2.05) is 54.6 Å². The molecule has 0 aromatic heterocycles. The number of hydrogen-bond acceptors (Lipinski definition) is 5. The second-order valence-electron chi connectivity index (χ2n) is 8.78. The molecule has 2 atom stereocenters. The SMILES string of the molecule is COc1cccc(COC2CN(CCc3ccccc3)C(=O)CN(C(=O)C3CNC(=O)C3)C2)c1. The van der Waals surface area contributed by atoms with Crippen LogP contribution in [-0.2, 0) is 32.1 Å². The minimum Gasteiger partial charge on any atom is -0.497 e. The van der Waals surface area contributed by atoms with E-state index in [0.717, 1.165) is 23.3 Å².